The second-order valence-electron chi connectivity index (χ2n) is 3.11. The summed E-state index contributed by atoms with van der Waals surface area (Å²) in [6.07, 6.45) is 2.39. The molecule has 80 valence electrons. The van der Waals surface area contributed by atoms with E-state index in [1.807, 2.05) is 0 Å². The van der Waals surface area contributed by atoms with E-state index in [1.165, 1.54) is 0 Å². The fourth-order valence-corrected chi connectivity index (χ4v) is 1.29. The third-order valence-corrected chi connectivity index (χ3v) is 2.90. The van der Waals surface area contributed by atoms with Gasteiger partial charge in [-0.05, 0) is 6.42 Å². The molecule has 0 aromatic heterocycles. The molecule has 0 aliphatic carbocycles. The Balaban J connectivity index is 3.62. The molecule has 0 bridgehead atoms. The van der Waals surface area contributed by atoms with Gasteiger partial charge in [-0.25, -0.2) is 0 Å². The van der Waals surface area contributed by atoms with Crippen LogP contribution in [0.4, 0.5) is 0 Å². The monoisotopic (exact) mass is 226 g/mol. The molecule has 0 saturated carbocycles. The van der Waals surface area contributed by atoms with Gasteiger partial charge in [0.1, 0.15) is 11.2 Å². The minimum absolute atomic E-state index is 0.291. The first-order chi connectivity index (χ1) is 6.04. The Labute approximate surface area is 84.7 Å². The van der Waals surface area contributed by atoms with Crippen LogP contribution in [0.2, 0.25) is 0 Å². The molecular weight excluding hydrogens is 206 g/mol. The van der Waals surface area contributed by atoms with Crippen molar-refractivity contribution < 1.29 is 14.9 Å². The number of aliphatic hydroxyl groups is 2. The summed E-state index contributed by atoms with van der Waals surface area (Å²) in [6, 6.07) is 0. The molecule has 3 atom stereocenters. The maximum absolute atomic E-state index is 9.33. The van der Waals surface area contributed by atoms with E-state index < -0.39 is 11.2 Å². The summed E-state index contributed by atoms with van der Waals surface area (Å²) in [7, 11) is 4.79. The van der Waals surface area contributed by atoms with Gasteiger partial charge in [-0.15, -0.1) is 0 Å². The minimum atomic E-state index is -0.871. The SMILES string of the molecule is CCCCCOC(P)(P)C(O)CO. The topological polar surface area (TPSA) is 49.7 Å². The summed E-state index contributed by atoms with van der Waals surface area (Å²) in [5.74, 6) is 0. The van der Waals surface area contributed by atoms with Crippen molar-refractivity contribution >= 4 is 18.5 Å². The van der Waals surface area contributed by atoms with E-state index in [-0.39, 0.29) is 6.61 Å². The second kappa shape index (κ2) is 7.09. The highest BCUT2D eigenvalue weighted by molar-refractivity contribution is 7.39. The average Bonchev–Trinajstić information content (AvgIpc) is 2.11. The van der Waals surface area contributed by atoms with Crippen LogP contribution >= 0.6 is 18.5 Å². The smallest absolute Gasteiger partial charge is 0.122 e. The van der Waals surface area contributed by atoms with Crippen LogP contribution in [0.1, 0.15) is 26.2 Å². The van der Waals surface area contributed by atoms with Crippen molar-refractivity contribution in [2.75, 3.05) is 13.2 Å². The lowest BCUT2D eigenvalue weighted by Crippen LogP contribution is -2.36. The van der Waals surface area contributed by atoms with E-state index in [2.05, 4.69) is 25.4 Å². The van der Waals surface area contributed by atoms with Crippen LogP contribution < -0.4 is 0 Å². The van der Waals surface area contributed by atoms with Crippen molar-refractivity contribution in [3.05, 3.63) is 0 Å². The molecule has 0 saturated heterocycles. The molecule has 0 aliphatic rings. The number of aliphatic hydroxyl groups excluding tert-OH is 2. The van der Waals surface area contributed by atoms with Crippen molar-refractivity contribution in [2.24, 2.45) is 0 Å². The third-order valence-electron chi connectivity index (χ3n) is 1.79. The molecule has 5 heteroatoms. The van der Waals surface area contributed by atoms with Crippen molar-refractivity contribution in [3.63, 3.8) is 0 Å². The largest absolute Gasteiger partial charge is 0.394 e. The molecule has 0 spiro atoms. The highest BCUT2D eigenvalue weighted by Crippen LogP contribution is 2.32. The zero-order valence-electron chi connectivity index (χ0n) is 8.07. The summed E-state index contributed by atoms with van der Waals surface area (Å²) >= 11 is 0. The normalized spacial score (nSPS) is 14.5. The lowest BCUT2D eigenvalue weighted by molar-refractivity contribution is -0.0335. The highest BCUT2D eigenvalue weighted by Gasteiger charge is 2.28. The number of hydrogen-bond donors (Lipinski definition) is 2. The number of rotatable bonds is 7. The quantitative estimate of drug-likeness (QED) is 0.502. The molecule has 0 aliphatic heterocycles. The van der Waals surface area contributed by atoms with Crippen LogP contribution in [0.3, 0.4) is 0 Å². The van der Waals surface area contributed by atoms with Gasteiger partial charge in [0.05, 0.1) is 6.61 Å². The van der Waals surface area contributed by atoms with Crippen LogP contribution in [0.5, 0.6) is 0 Å². The molecule has 2 N–H and O–H groups in total. The maximum Gasteiger partial charge on any atom is 0.122 e. The first-order valence-electron chi connectivity index (χ1n) is 4.55. The molecule has 3 unspecified atom stereocenters. The van der Waals surface area contributed by atoms with Gasteiger partial charge in [0.25, 0.3) is 0 Å². The van der Waals surface area contributed by atoms with E-state index in [0.717, 1.165) is 19.3 Å². The second-order valence-corrected chi connectivity index (χ2v) is 5.58. The van der Waals surface area contributed by atoms with Crippen LogP contribution in [0.15, 0.2) is 0 Å². The van der Waals surface area contributed by atoms with Gasteiger partial charge in [-0.1, -0.05) is 38.2 Å². The Morgan fingerprint density at radius 1 is 1.38 bits per heavy atom. The summed E-state index contributed by atoms with van der Waals surface area (Å²) in [5, 5.41) is 17.2. The van der Waals surface area contributed by atoms with Crippen LogP contribution in [0.25, 0.3) is 0 Å². The first-order valence-corrected chi connectivity index (χ1v) is 5.70. The number of ether oxygens (including phenoxy) is 1. The van der Waals surface area contributed by atoms with Gasteiger partial charge >= 0.3 is 0 Å². The van der Waals surface area contributed by atoms with Crippen LogP contribution in [0, 0.1) is 0 Å². The van der Waals surface area contributed by atoms with Crippen LogP contribution in [-0.4, -0.2) is 34.6 Å². The van der Waals surface area contributed by atoms with E-state index >= 15 is 0 Å². The van der Waals surface area contributed by atoms with Crippen molar-refractivity contribution in [1.29, 1.82) is 0 Å². The van der Waals surface area contributed by atoms with Crippen molar-refractivity contribution in [3.8, 4) is 0 Å². The summed E-state index contributed by atoms with van der Waals surface area (Å²) in [5.41, 5.74) is 0. The van der Waals surface area contributed by atoms with E-state index in [1.54, 1.807) is 0 Å². The molecule has 0 amide bonds. The van der Waals surface area contributed by atoms with Gasteiger partial charge in [-0.3, -0.25) is 0 Å². The van der Waals surface area contributed by atoms with Gasteiger partial charge in [0.2, 0.25) is 0 Å². The van der Waals surface area contributed by atoms with Gasteiger partial charge in [0, 0.05) is 6.61 Å². The Bertz CT molecular complexity index is 131. The van der Waals surface area contributed by atoms with E-state index in [9.17, 15) is 5.11 Å². The molecule has 0 heterocycles. The molecule has 0 fully saturated rings. The maximum atomic E-state index is 9.33. The van der Waals surface area contributed by atoms with Crippen molar-refractivity contribution in [2.45, 2.75) is 37.4 Å². The fourth-order valence-electron chi connectivity index (χ4n) is 0.840. The summed E-state index contributed by atoms with van der Waals surface area (Å²) < 4.78 is 5.40. The van der Waals surface area contributed by atoms with E-state index in [0.29, 0.717) is 6.61 Å². The van der Waals surface area contributed by atoms with Crippen molar-refractivity contribution in [1.82, 2.24) is 0 Å². The molecule has 13 heavy (non-hydrogen) atoms. The van der Waals surface area contributed by atoms with Gasteiger partial charge in [-0.2, -0.15) is 0 Å². The predicted molar refractivity (Wildman–Crippen MR) is 60.7 cm³/mol. The lowest BCUT2D eigenvalue weighted by atomic mass is 10.3. The molecular formula is C8H20O3P2. The molecule has 3 nitrogen and oxygen atoms in total. The molecule has 0 radical (unpaired) electrons. The Morgan fingerprint density at radius 3 is 2.46 bits per heavy atom. The summed E-state index contributed by atoms with van der Waals surface area (Å²) in [4.78, 5) is 0. The predicted octanol–water partition coefficient (Wildman–Crippen LogP) is 0.950. The Hall–Kier alpha value is 0.740. The van der Waals surface area contributed by atoms with E-state index in [4.69, 9.17) is 9.84 Å². The standard InChI is InChI=1S/C8H20O3P2/c1-2-3-4-5-11-8(12,13)7(10)6-9/h7,9-10H,2-6,12-13H2,1H3. The zero-order chi connectivity index (χ0) is 10.3. The molecule has 0 aromatic rings. The molecule has 0 rings (SSSR count). The van der Waals surface area contributed by atoms with Gasteiger partial charge in [0.15, 0.2) is 0 Å². The van der Waals surface area contributed by atoms with Crippen LogP contribution in [-0.2, 0) is 4.74 Å². The summed E-state index contributed by atoms with van der Waals surface area (Å²) in [6.45, 7) is 2.44. The molecule has 0 aromatic carbocycles. The number of hydrogen-bond acceptors (Lipinski definition) is 3. The lowest BCUT2D eigenvalue weighted by Gasteiger charge is -2.29. The Morgan fingerprint density at radius 2 is 2.00 bits per heavy atom. The number of unbranched alkanes of at least 4 members (excludes halogenated alkanes) is 2. The zero-order valence-corrected chi connectivity index (χ0v) is 10.4. The minimum Gasteiger partial charge on any atom is -0.394 e. The third kappa shape index (κ3) is 5.93. The highest BCUT2D eigenvalue weighted by atomic mass is 31.1. The fraction of sp³-hybridized carbons (Fsp3) is 1.00. The van der Waals surface area contributed by atoms with Gasteiger partial charge < -0.3 is 14.9 Å². The Kier molecular flexibility index (Phi) is 7.49. The average molecular weight is 226 g/mol. The first kappa shape index (κ1) is 13.7.